The summed E-state index contributed by atoms with van der Waals surface area (Å²) in [6.45, 7) is 1.21. The average Bonchev–Trinajstić information content (AvgIpc) is 2.04. The second kappa shape index (κ2) is 3.96. The van der Waals surface area contributed by atoms with Gasteiger partial charge in [-0.3, -0.25) is 0 Å². The van der Waals surface area contributed by atoms with E-state index in [1.165, 1.54) is 0 Å². The van der Waals surface area contributed by atoms with Crippen LogP contribution < -0.4 is 10.2 Å². The van der Waals surface area contributed by atoms with Gasteiger partial charge < -0.3 is 9.76 Å². The molecule has 4 heteroatoms. The van der Waals surface area contributed by atoms with Gasteiger partial charge in [0, 0.05) is 4.47 Å². The van der Waals surface area contributed by atoms with Crippen LogP contribution in [0.1, 0.15) is 0 Å². The number of halogens is 1. The molecule has 64 valence electrons. The van der Waals surface area contributed by atoms with Gasteiger partial charge in [0.15, 0.2) is 0 Å². The molecule has 0 heterocycles. The van der Waals surface area contributed by atoms with Crippen molar-refractivity contribution in [1.29, 1.82) is 0 Å². The van der Waals surface area contributed by atoms with Crippen LogP contribution in [0, 0.1) is 0 Å². The second-order valence-corrected chi connectivity index (χ2v) is 3.48. The lowest BCUT2D eigenvalue weighted by Gasteiger charge is -2.08. The van der Waals surface area contributed by atoms with E-state index in [-0.39, 0.29) is 0 Å². The van der Waals surface area contributed by atoms with Crippen LogP contribution >= 0.6 is 15.9 Å². The summed E-state index contributed by atoms with van der Waals surface area (Å²) < 4.78 is 6.02. The molecule has 0 aliphatic rings. The van der Waals surface area contributed by atoms with Crippen LogP contribution in [0.5, 0.6) is 5.75 Å². The van der Waals surface area contributed by atoms with Gasteiger partial charge in [-0.2, -0.15) is 0 Å². The first kappa shape index (κ1) is 9.61. The van der Waals surface area contributed by atoms with Crippen LogP contribution in [-0.4, -0.2) is 19.0 Å². The van der Waals surface area contributed by atoms with E-state index in [4.69, 9.17) is 4.74 Å². The predicted molar refractivity (Wildman–Crippen MR) is 54.2 cm³/mol. The van der Waals surface area contributed by atoms with Crippen molar-refractivity contribution in [3.63, 3.8) is 0 Å². The van der Waals surface area contributed by atoms with E-state index in [1.807, 2.05) is 18.2 Å². The Morgan fingerprint density at radius 2 is 2.17 bits per heavy atom. The van der Waals surface area contributed by atoms with Crippen LogP contribution in [0.15, 0.2) is 22.7 Å². The van der Waals surface area contributed by atoms with Crippen molar-refractivity contribution in [2.75, 3.05) is 7.11 Å². The Labute approximate surface area is 80.8 Å². The third-order valence-corrected chi connectivity index (χ3v) is 2.14. The third kappa shape index (κ3) is 2.02. The van der Waals surface area contributed by atoms with Gasteiger partial charge in [0.2, 0.25) is 0 Å². The molecule has 2 nitrogen and oxygen atoms in total. The third-order valence-electron chi connectivity index (χ3n) is 1.64. The summed E-state index contributed by atoms with van der Waals surface area (Å²) in [5.41, 5.74) is 0.798. The van der Waals surface area contributed by atoms with E-state index in [0.717, 1.165) is 9.94 Å². The Morgan fingerprint density at radius 1 is 1.50 bits per heavy atom. The van der Waals surface area contributed by atoms with Crippen LogP contribution in [0.4, 0.5) is 0 Å². The van der Waals surface area contributed by atoms with Crippen molar-refractivity contribution in [3.8, 4) is 5.75 Å². The number of ether oxygens (including phenoxy) is 1. The van der Waals surface area contributed by atoms with Crippen LogP contribution in [-0.2, 0) is 0 Å². The van der Waals surface area contributed by atoms with Crippen LogP contribution in [0.3, 0.4) is 0 Å². The quantitative estimate of drug-likeness (QED) is 0.773. The number of methoxy groups -OCH3 is 1. The lowest BCUT2D eigenvalue weighted by molar-refractivity contribution is 0.417. The minimum Gasteiger partial charge on any atom is -0.497 e. The molecular formula is C8H10BBrO2. The standard InChI is InChI=1S/C8H10BBrO2/c1-9(11)7-5-6(10)3-4-8(7)12-2/h3-5,11H,1-2H3. The number of benzene rings is 1. The van der Waals surface area contributed by atoms with Gasteiger partial charge in [-0.1, -0.05) is 22.8 Å². The van der Waals surface area contributed by atoms with E-state index in [1.54, 1.807) is 13.9 Å². The summed E-state index contributed by atoms with van der Waals surface area (Å²) in [7, 11) is 1.59. The highest BCUT2D eigenvalue weighted by Crippen LogP contribution is 2.14. The molecular weight excluding hydrogens is 219 g/mol. The summed E-state index contributed by atoms with van der Waals surface area (Å²) in [6.07, 6.45) is 0. The molecule has 0 bridgehead atoms. The number of hydrogen-bond acceptors (Lipinski definition) is 2. The zero-order valence-corrected chi connectivity index (χ0v) is 8.63. The Bertz CT molecular complexity index is 276. The summed E-state index contributed by atoms with van der Waals surface area (Å²) in [6, 6.07) is 5.56. The number of rotatable bonds is 2. The Morgan fingerprint density at radius 3 is 2.67 bits per heavy atom. The first-order valence-electron chi connectivity index (χ1n) is 3.66. The Kier molecular flexibility index (Phi) is 3.17. The maximum atomic E-state index is 9.36. The first-order chi connectivity index (χ1) is 5.65. The van der Waals surface area contributed by atoms with Crippen LogP contribution in [0.2, 0.25) is 6.82 Å². The van der Waals surface area contributed by atoms with E-state index >= 15 is 0 Å². The largest absolute Gasteiger partial charge is 0.497 e. The summed E-state index contributed by atoms with van der Waals surface area (Å²) in [5.74, 6) is 0.716. The smallest absolute Gasteiger partial charge is 0.324 e. The highest BCUT2D eigenvalue weighted by atomic mass is 79.9. The monoisotopic (exact) mass is 228 g/mol. The van der Waals surface area contributed by atoms with Crippen LogP contribution in [0.25, 0.3) is 0 Å². The molecule has 1 aromatic carbocycles. The van der Waals surface area contributed by atoms with E-state index in [2.05, 4.69) is 15.9 Å². The van der Waals surface area contributed by atoms with Gasteiger partial charge in [0.05, 0.1) is 7.11 Å². The molecule has 0 amide bonds. The molecule has 0 radical (unpaired) electrons. The SMILES string of the molecule is COc1ccc(Br)cc1B(C)O. The molecule has 1 rings (SSSR count). The fourth-order valence-corrected chi connectivity index (χ4v) is 1.41. The van der Waals surface area contributed by atoms with Crippen molar-refractivity contribution in [3.05, 3.63) is 22.7 Å². The highest BCUT2D eigenvalue weighted by molar-refractivity contribution is 9.10. The van der Waals surface area contributed by atoms with Crippen molar-refractivity contribution in [2.45, 2.75) is 6.82 Å². The van der Waals surface area contributed by atoms with E-state index < -0.39 is 6.92 Å². The topological polar surface area (TPSA) is 29.5 Å². The molecule has 0 saturated heterocycles. The summed E-state index contributed by atoms with van der Waals surface area (Å²) >= 11 is 3.33. The van der Waals surface area contributed by atoms with E-state index in [0.29, 0.717) is 5.75 Å². The number of hydrogen-bond donors (Lipinski definition) is 1. The fraction of sp³-hybridized carbons (Fsp3) is 0.250. The molecule has 12 heavy (non-hydrogen) atoms. The molecule has 0 aliphatic carbocycles. The van der Waals surface area contributed by atoms with Crippen molar-refractivity contribution < 1.29 is 9.76 Å². The molecule has 0 aliphatic heterocycles. The Balaban J connectivity index is 3.12. The maximum absolute atomic E-state index is 9.36. The lowest BCUT2D eigenvalue weighted by Crippen LogP contribution is -2.27. The molecule has 0 unspecified atom stereocenters. The minimum atomic E-state index is -0.502. The van der Waals surface area contributed by atoms with Gasteiger partial charge in [-0.05, 0) is 23.7 Å². The lowest BCUT2D eigenvalue weighted by atomic mass is 9.64. The first-order valence-corrected chi connectivity index (χ1v) is 4.46. The zero-order valence-electron chi connectivity index (χ0n) is 7.04. The zero-order chi connectivity index (χ0) is 9.14. The molecule has 1 aromatic rings. The normalized spacial score (nSPS) is 9.67. The average molecular weight is 229 g/mol. The molecule has 0 atom stereocenters. The summed E-state index contributed by atoms with van der Waals surface area (Å²) in [4.78, 5) is 0. The fourth-order valence-electron chi connectivity index (χ4n) is 1.03. The van der Waals surface area contributed by atoms with Gasteiger partial charge in [0.1, 0.15) is 5.75 Å². The molecule has 0 aromatic heterocycles. The minimum absolute atomic E-state index is 0.502. The van der Waals surface area contributed by atoms with Gasteiger partial charge >= 0.3 is 6.92 Å². The molecule has 0 spiro atoms. The van der Waals surface area contributed by atoms with Crippen molar-refractivity contribution in [2.24, 2.45) is 0 Å². The van der Waals surface area contributed by atoms with Crippen molar-refractivity contribution in [1.82, 2.24) is 0 Å². The Hall–Kier alpha value is -0.475. The van der Waals surface area contributed by atoms with Gasteiger partial charge in [-0.25, -0.2) is 0 Å². The van der Waals surface area contributed by atoms with Gasteiger partial charge in [-0.15, -0.1) is 0 Å². The molecule has 0 saturated carbocycles. The maximum Gasteiger partial charge on any atom is 0.324 e. The van der Waals surface area contributed by atoms with E-state index in [9.17, 15) is 5.02 Å². The summed E-state index contributed by atoms with van der Waals surface area (Å²) in [5, 5.41) is 9.36. The predicted octanol–water partition coefficient (Wildman–Crippen LogP) is 1.28. The van der Waals surface area contributed by atoms with Crippen molar-refractivity contribution >= 4 is 28.3 Å². The molecule has 0 fully saturated rings. The van der Waals surface area contributed by atoms with Gasteiger partial charge in [0.25, 0.3) is 0 Å². The molecule has 1 N–H and O–H groups in total. The highest BCUT2D eigenvalue weighted by Gasteiger charge is 2.12. The second-order valence-electron chi connectivity index (χ2n) is 2.56.